The zero-order valence-corrected chi connectivity index (χ0v) is 9.63. The Bertz CT molecular complexity index is 500. The highest BCUT2D eigenvalue weighted by atomic mass is 16.4. The molecule has 0 aliphatic carbocycles. The predicted molar refractivity (Wildman–Crippen MR) is 67.9 cm³/mol. The average Bonchev–Trinajstić information content (AvgIpc) is 2.39. The number of carboxylic acids is 1. The summed E-state index contributed by atoms with van der Waals surface area (Å²) in [5, 5.41) is 8.92. The molecule has 2 heteroatoms. The van der Waals surface area contributed by atoms with E-state index in [1.165, 1.54) is 0 Å². The Kier molecular flexibility index (Phi) is 3.24. The first-order chi connectivity index (χ1) is 8.18. The summed E-state index contributed by atoms with van der Waals surface area (Å²) >= 11 is 0. The van der Waals surface area contributed by atoms with Crippen molar-refractivity contribution >= 4 is 5.97 Å². The molecule has 0 saturated carbocycles. The van der Waals surface area contributed by atoms with Crippen LogP contribution in [0.1, 0.15) is 18.4 Å². The molecule has 0 fully saturated rings. The molecular weight excluding hydrogens is 212 g/mol. The van der Waals surface area contributed by atoms with Crippen LogP contribution in [0.25, 0.3) is 11.1 Å². The minimum absolute atomic E-state index is 0.458. The van der Waals surface area contributed by atoms with E-state index in [-0.39, 0.29) is 0 Å². The van der Waals surface area contributed by atoms with E-state index in [0.29, 0.717) is 0 Å². The fourth-order valence-corrected chi connectivity index (χ4v) is 1.74. The van der Waals surface area contributed by atoms with Crippen LogP contribution < -0.4 is 0 Å². The van der Waals surface area contributed by atoms with E-state index in [9.17, 15) is 4.79 Å². The van der Waals surface area contributed by atoms with Gasteiger partial charge in [0.15, 0.2) is 0 Å². The average molecular weight is 226 g/mol. The second-order valence-corrected chi connectivity index (χ2v) is 4.05. The maximum atomic E-state index is 10.9. The number of hydrogen-bond donors (Lipinski definition) is 1. The van der Waals surface area contributed by atoms with Crippen molar-refractivity contribution in [2.75, 3.05) is 0 Å². The molecule has 2 nitrogen and oxygen atoms in total. The Labute approximate surface area is 101 Å². The Balaban J connectivity index is 2.28. The van der Waals surface area contributed by atoms with Gasteiger partial charge in [-0.3, -0.25) is 4.79 Å². The topological polar surface area (TPSA) is 37.3 Å². The van der Waals surface area contributed by atoms with Gasteiger partial charge < -0.3 is 5.11 Å². The minimum Gasteiger partial charge on any atom is -0.481 e. The third-order valence-electron chi connectivity index (χ3n) is 2.89. The van der Waals surface area contributed by atoms with Crippen LogP contribution in [-0.4, -0.2) is 11.1 Å². The molecule has 0 unspecified atom stereocenters. The summed E-state index contributed by atoms with van der Waals surface area (Å²) in [5.41, 5.74) is 3.08. The molecule has 0 aromatic heterocycles. The molecule has 0 radical (unpaired) electrons. The van der Waals surface area contributed by atoms with Crippen LogP contribution in [0.4, 0.5) is 0 Å². The molecule has 2 rings (SSSR count). The van der Waals surface area contributed by atoms with Crippen LogP contribution in [0.2, 0.25) is 0 Å². The largest absolute Gasteiger partial charge is 0.481 e. The molecule has 1 N–H and O–H groups in total. The zero-order valence-electron chi connectivity index (χ0n) is 9.63. The minimum atomic E-state index is -0.794. The smallest absolute Gasteiger partial charge is 0.310 e. The van der Waals surface area contributed by atoms with Gasteiger partial charge in [0.1, 0.15) is 0 Å². The van der Waals surface area contributed by atoms with Crippen LogP contribution in [0.3, 0.4) is 0 Å². The van der Waals surface area contributed by atoms with Gasteiger partial charge in [0, 0.05) is 0 Å². The highest BCUT2D eigenvalue weighted by molar-refractivity contribution is 5.76. The third kappa shape index (κ3) is 2.53. The quantitative estimate of drug-likeness (QED) is 0.869. The van der Waals surface area contributed by atoms with Gasteiger partial charge in [-0.2, -0.15) is 0 Å². The van der Waals surface area contributed by atoms with Crippen molar-refractivity contribution in [1.82, 2.24) is 0 Å². The SMILES string of the molecule is C[C@H](C(=O)O)c1ccc(-c2ccccc2)cc1. The number of hydrogen-bond acceptors (Lipinski definition) is 1. The summed E-state index contributed by atoms with van der Waals surface area (Å²) in [6.07, 6.45) is 0. The van der Waals surface area contributed by atoms with Crippen LogP contribution in [0, 0.1) is 0 Å². The molecule has 0 aliphatic rings. The third-order valence-corrected chi connectivity index (χ3v) is 2.89. The van der Waals surface area contributed by atoms with E-state index >= 15 is 0 Å². The van der Waals surface area contributed by atoms with Crippen LogP contribution in [0.15, 0.2) is 54.6 Å². The van der Waals surface area contributed by atoms with Gasteiger partial charge >= 0.3 is 5.97 Å². The van der Waals surface area contributed by atoms with Gasteiger partial charge in [0.2, 0.25) is 0 Å². The number of carboxylic acid groups (broad SMARTS) is 1. The number of benzene rings is 2. The highest BCUT2D eigenvalue weighted by Gasteiger charge is 2.12. The molecule has 0 bridgehead atoms. The van der Waals surface area contributed by atoms with Crippen molar-refractivity contribution in [1.29, 1.82) is 0 Å². The highest BCUT2D eigenvalue weighted by Crippen LogP contribution is 2.22. The Morgan fingerprint density at radius 3 is 2.00 bits per heavy atom. The number of carbonyl (C=O) groups is 1. The van der Waals surface area contributed by atoms with E-state index in [0.717, 1.165) is 16.7 Å². The molecule has 0 saturated heterocycles. The lowest BCUT2D eigenvalue weighted by Gasteiger charge is -2.07. The van der Waals surface area contributed by atoms with E-state index in [2.05, 4.69) is 0 Å². The lowest BCUT2D eigenvalue weighted by Crippen LogP contribution is -2.06. The molecule has 0 spiro atoms. The number of rotatable bonds is 3. The van der Waals surface area contributed by atoms with E-state index < -0.39 is 11.9 Å². The molecule has 86 valence electrons. The van der Waals surface area contributed by atoms with Gasteiger partial charge in [-0.15, -0.1) is 0 Å². The van der Waals surface area contributed by atoms with Crippen molar-refractivity contribution in [3.8, 4) is 11.1 Å². The maximum Gasteiger partial charge on any atom is 0.310 e. The normalized spacial score (nSPS) is 12.1. The van der Waals surface area contributed by atoms with E-state index in [1.807, 2.05) is 54.6 Å². The summed E-state index contributed by atoms with van der Waals surface area (Å²) in [4.78, 5) is 10.9. The monoisotopic (exact) mass is 226 g/mol. The maximum absolute atomic E-state index is 10.9. The van der Waals surface area contributed by atoms with Crippen molar-refractivity contribution in [2.24, 2.45) is 0 Å². The van der Waals surface area contributed by atoms with Gasteiger partial charge in [-0.25, -0.2) is 0 Å². The first kappa shape index (κ1) is 11.4. The predicted octanol–water partition coefficient (Wildman–Crippen LogP) is 3.54. The summed E-state index contributed by atoms with van der Waals surface area (Å²) in [7, 11) is 0. The molecular formula is C15H14O2. The number of aliphatic carboxylic acids is 1. The fraction of sp³-hybridized carbons (Fsp3) is 0.133. The summed E-state index contributed by atoms with van der Waals surface area (Å²) in [5.74, 6) is -1.25. The molecule has 2 aromatic carbocycles. The van der Waals surface area contributed by atoms with Crippen molar-refractivity contribution in [3.05, 3.63) is 60.2 Å². The second kappa shape index (κ2) is 4.83. The first-order valence-electron chi connectivity index (χ1n) is 5.56. The van der Waals surface area contributed by atoms with E-state index in [4.69, 9.17) is 5.11 Å². The van der Waals surface area contributed by atoms with Crippen molar-refractivity contribution in [2.45, 2.75) is 12.8 Å². The lowest BCUT2D eigenvalue weighted by atomic mass is 9.98. The molecule has 17 heavy (non-hydrogen) atoms. The summed E-state index contributed by atoms with van der Waals surface area (Å²) < 4.78 is 0. The van der Waals surface area contributed by atoms with Gasteiger partial charge in [-0.05, 0) is 23.6 Å². The van der Waals surface area contributed by atoms with Crippen molar-refractivity contribution in [3.63, 3.8) is 0 Å². The fourth-order valence-electron chi connectivity index (χ4n) is 1.74. The molecule has 1 atom stereocenters. The molecule has 0 aliphatic heterocycles. The molecule has 2 aromatic rings. The zero-order chi connectivity index (χ0) is 12.3. The lowest BCUT2D eigenvalue weighted by molar-refractivity contribution is -0.138. The van der Waals surface area contributed by atoms with Crippen molar-refractivity contribution < 1.29 is 9.90 Å². The second-order valence-electron chi connectivity index (χ2n) is 4.05. The van der Waals surface area contributed by atoms with Crippen LogP contribution >= 0.6 is 0 Å². The van der Waals surface area contributed by atoms with Gasteiger partial charge in [-0.1, -0.05) is 54.6 Å². The molecule has 0 heterocycles. The Morgan fingerprint density at radius 1 is 0.941 bits per heavy atom. The standard InChI is InChI=1S/C15H14O2/c1-11(15(16)17)12-7-9-14(10-8-12)13-5-3-2-4-6-13/h2-11H,1H3,(H,16,17)/t11-/m0/s1. The summed E-state index contributed by atoms with van der Waals surface area (Å²) in [6, 6.07) is 17.7. The van der Waals surface area contributed by atoms with Gasteiger partial charge in [0.25, 0.3) is 0 Å². The van der Waals surface area contributed by atoms with Crippen LogP contribution in [0.5, 0.6) is 0 Å². The van der Waals surface area contributed by atoms with E-state index in [1.54, 1.807) is 6.92 Å². The Hall–Kier alpha value is -2.09. The molecule has 0 amide bonds. The Morgan fingerprint density at radius 2 is 1.47 bits per heavy atom. The summed E-state index contributed by atoms with van der Waals surface area (Å²) in [6.45, 7) is 1.69. The van der Waals surface area contributed by atoms with Crippen LogP contribution in [-0.2, 0) is 4.79 Å². The first-order valence-corrected chi connectivity index (χ1v) is 5.56. The van der Waals surface area contributed by atoms with Gasteiger partial charge in [0.05, 0.1) is 5.92 Å².